The Morgan fingerprint density at radius 2 is 1.90 bits per heavy atom. The van der Waals surface area contributed by atoms with E-state index < -0.39 is 10.0 Å². The number of hydrogen-bond acceptors (Lipinski definition) is 5. The van der Waals surface area contributed by atoms with Crippen molar-refractivity contribution >= 4 is 51.5 Å². The number of piperazine rings is 1. The molecule has 1 aromatic heterocycles. The smallest absolute Gasteiger partial charge is 0.216 e. The van der Waals surface area contributed by atoms with Gasteiger partial charge in [-0.2, -0.15) is 4.31 Å². The molecule has 0 bridgehead atoms. The molecule has 10 heteroatoms. The molecular formula is C21H31IN6O2S. The Morgan fingerprint density at radius 1 is 1.16 bits per heavy atom. The van der Waals surface area contributed by atoms with Crippen LogP contribution in [0.4, 0.5) is 11.5 Å². The van der Waals surface area contributed by atoms with Crippen molar-refractivity contribution in [1.82, 2.24) is 9.29 Å². The van der Waals surface area contributed by atoms with Gasteiger partial charge in [-0.25, -0.2) is 13.4 Å². The number of nitrogens with two attached hydrogens (primary N) is 1. The van der Waals surface area contributed by atoms with E-state index >= 15 is 0 Å². The third kappa shape index (κ3) is 7.32. The molecule has 1 aliphatic rings. The number of benzene rings is 1. The number of aliphatic imine (C=N–C) groups is 1. The Morgan fingerprint density at radius 3 is 2.55 bits per heavy atom. The maximum absolute atomic E-state index is 12.6. The molecule has 0 atom stereocenters. The summed E-state index contributed by atoms with van der Waals surface area (Å²) in [5, 5.41) is 3.03. The van der Waals surface area contributed by atoms with Crippen LogP contribution in [-0.2, 0) is 10.0 Å². The molecule has 0 amide bonds. The summed E-state index contributed by atoms with van der Waals surface area (Å²) in [5.41, 5.74) is 7.98. The fourth-order valence-corrected chi connectivity index (χ4v) is 4.61. The van der Waals surface area contributed by atoms with Gasteiger partial charge in [0.1, 0.15) is 5.82 Å². The van der Waals surface area contributed by atoms with Gasteiger partial charge in [0.2, 0.25) is 10.0 Å². The number of anilines is 2. The zero-order chi connectivity index (χ0) is 21.6. The quantitative estimate of drug-likeness (QED) is 0.308. The van der Waals surface area contributed by atoms with Crippen LogP contribution >= 0.6 is 24.0 Å². The monoisotopic (exact) mass is 558 g/mol. The summed E-state index contributed by atoms with van der Waals surface area (Å²) >= 11 is 0. The molecule has 170 valence electrons. The van der Waals surface area contributed by atoms with Crippen LogP contribution in [0.15, 0.2) is 53.7 Å². The van der Waals surface area contributed by atoms with Crippen molar-refractivity contribution in [3.63, 3.8) is 0 Å². The lowest BCUT2D eigenvalue weighted by atomic mass is 10.0. The summed E-state index contributed by atoms with van der Waals surface area (Å²) in [5.74, 6) is 1.43. The second-order valence-corrected chi connectivity index (χ2v) is 9.65. The number of nitrogens with zero attached hydrogens (tertiary/aromatic N) is 4. The van der Waals surface area contributed by atoms with Crippen molar-refractivity contribution in [2.45, 2.75) is 19.8 Å². The molecule has 0 saturated carbocycles. The Bertz CT molecular complexity index is 961. The fraction of sp³-hybridized carbons (Fsp3) is 0.429. The molecule has 31 heavy (non-hydrogen) atoms. The van der Waals surface area contributed by atoms with E-state index in [1.54, 1.807) is 6.20 Å². The Hall–Kier alpha value is -1.92. The van der Waals surface area contributed by atoms with Crippen molar-refractivity contribution in [2.75, 3.05) is 48.7 Å². The van der Waals surface area contributed by atoms with E-state index in [-0.39, 0.29) is 42.2 Å². The highest BCUT2D eigenvalue weighted by molar-refractivity contribution is 14.0. The zero-order valence-electron chi connectivity index (χ0n) is 17.9. The van der Waals surface area contributed by atoms with Crippen LogP contribution in [0.5, 0.6) is 0 Å². The first-order valence-corrected chi connectivity index (χ1v) is 11.8. The summed E-state index contributed by atoms with van der Waals surface area (Å²) in [6.45, 7) is 6.49. The van der Waals surface area contributed by atoms with Crippen LogP contribution in [0.3, 0.4) is 0 Å². The summed E-state index contributed by atoms with van der Waals surface area (Å²) in [4.78, 5) is 10.6. The molecular weight excluding hydrogens is 527 g/mol. The molecule has 0 radical (unpaired) electrons. The number of sulfonamides is 1. The highest BCUT2D eigenvalue weighted by Gasteiger charge is 2.26. The third-order valence-corrected chi connectivity index (χ3v) is 6.91. The number of halogens is 1. The predicted octanol–water partition coefficient (Wildman–Crippen LogP) is 2.70. The number of pyridine rings is 1. The topological polar surface area (TPSA) is 104 Å². The summed E-state index contributed by atoms with van der Waals surface area (Å²) in [6, 6.07) is 13.7. The van der Waals surface area contributed by atoms with E-state index in [0.29, 0.717) is 32.1 Å². The number of aromatic nitrogens is 1. The lowest BCUT2D eigenvalue weighted by Crippen LogP contribution is -2.49. The molecule has 2 aromatic rings. The van der Waals surface area contributed by atoms with Gasteiger partial charge in [0.15, 0.2) is 5.96 Å². The molecule has 8 nitrogen and oxygen atoms in total. The summed E-state index contributed by atoms with van der Waals surface area (Å²) in [6.07, 6.45) is 1.74. The van der Waals surface area contributed by atoms with Crippen LogP contribution in [0.1, 0.15) is 25.3 Å². The average Bonchev–Trinajstić information content (AvgIpc) is 2.74. The van der Waals surface area contributed by atoms with E-state index in [1.807, 2.05) is 36.4 Å². The molecule has 1 aromatic carbocycles. The van der Waals surface area contributed by atoms with Gasteiger partial charge >= 0.3 is 0 Å². The maximum atomic E-state index is 12.6. The zero-order valence-corrected chi connectivity index (χ0v) is 21.1. The van der Waals surface area contributed by atoms with E-state index in [0.717, 1.165) is 11.5 Å². The number of rotatable bonds is 7. The van der Waals surface area contributed by atoms with Crippen LogP contribution in [0.2, 0.25) is 0 Å². The Labute approximate surface area is 202 Å². The van der Waals surface area contributed by atoms with Gasteiger partial charge in [-0.1, -0.05) is 32.0 Å². The van der Waals surface area contributed by atoms with Gasteiger partial charge < -0.3 is 16.0 Å². The highest BCUT2D eigenvalue weighted by Crippen LogP contribution is 2.18. The fourth-order valence-electron chi connectivity index (χ4n) is 3.31. The van der Waals surface area contributed by atoms with E-state index in [1.165, 1.54) is 9.87 Å². The molecule has 0 aliphatic carbocycles. The van der Waals surface area contributed by atoms with Crippen LogP contribution < -0.4 is 16.0 Å². The molecule has 3 N–H and O–H groups in total. The van der Waals surface area contributed by atoms with E-state index in [2.05, 4.69) is 40.1 Å². The largest absolute Gasteiger partial charge is 0.370 e. The van der Waals surface area contributed by atoms with Crippen LogP contribution in [0.25, 0.3) is 0 Å². The first-order valence-electron chi connectivity index (χ1n) is 10.2. The van der Waals surface area contributed by atoms with Crippen LogP contribution in [0, 0.1) is 0 Å². The molecule has 1 saturated heterocycles. The highest BCUT2D eigenvalue weighted by atomic mass is 127. The minimum absolute atomic E-state index is 0. The minimum Gasteiger partial charge on any atom is -0.370 e. The van der Waals surface area contributed by atoms with Gasteiger partial charge in [0.25, 0.3) is 0 Å². The van der Waals surface area contributed by atoms with Crippen molar-refractivity contribution in [1.29, 1.82) is 0 Å². The van der Waals surface area contributed by atoms with E-state index in [4.69, 9.17) is 5.73 Å². The SMILES string of the molecule is CC(C)c1cccc(NC(N)=NCCS(=O)(=O)N2CCN(c3ccccn3)CC2)c1.I. The molecule has 3 rings (SSSR count). The standard InChI is InChI=1S/C21H30N6O2S.HI/c1-17(2)18-6-5-7-19(16-18)25-21(22)24-10-15-30(28,29)27-13-11-26(12-14-27)20-8-3-4-9-23-20;/h3-9,16-17H,10-15H2,1-2H3,(H3,22,24,25);1H. The van der Waals surface area contributed by atoms with Gasteiger partial charge in [0.05, 0.1) is 12.3 Å². The third-order valence-electron chi connectivity index (χ3n) is 5.06. The molecule has 1 fully saturated rings. The van der Waals surface area contributed by atoms with E-state index in [9.17, 15) is 8.42 Å². The Balaban J connectivity index is 0.00000341. The summed E-state index contributed by atoms with van der Waals surface area (Å²) < 4.78 is 26.8. The van der Waals surface area contributed by atoms with Gasteiger partial charge in [0, 0.05) is 38.1 Å². The first-order chi connectivity index (χ1) is 14.3. The molecule has 0 spiro atoms. The van der Waals surface area contributed by atoms with Gasteiger partial charge in [-0.3, -0.25) is 4.99 Å². The predicted molar refractivity (Wildman–Crippen MR) is 138 cm³/mol. The van der Waals surface area contributed by atoms with Crippen molar-refractivity contribution < 1.29 is 8.42 Å². The second kappa shape index (κ2) is 11.6. The van der Waals surface area contributed by atoms with Crippen LogP contribution in [-0.4, -0.2) is 62.1 Å². The minimum atomic E-state index is -3.38. The van der Waals surface area contributed by atoms with Crippen molar-refractivity contribution in [3.05, 3.63) is 54.2 Å². The number of nitrogens with one attached hydrogen (secondary N) is 1. The lowest BCUT2D eigenvalue weighted by molar-refractivity contribution is 0.384. The van der Waals surface area contributed by atoms with Crippen molar-refractivity contribution in [3.8, 4) is 0 Å². The normalized spacial score (nSPS) is 15.6. The van der Waals surface area contributed by atoms with Crippen molar-refractivity contribution in [2.24, 2.45) is 10.7 Å². The van der Waals surface area contributed by atoms with Gasteiger partial charge in [-0.15, -0.1) is 24.0 Å². The average molecular weight is 558 g/mol. The second-order valence-electron chi connectivity index (χ2n) is 7.56. The molecule has 1 aliphatic heterocycles. The molecule has 2 heterocycles. The maximum Gasteiger partial charge on any atom is 0.216 e. The lowest BCUT2D eigenvalue weighted by Gasteiger charge is -2.34. The Kier molecular flexibility index (Phi) is 9.51. The molecule has 0 unspecified atom stereocenters. The number of hydrogen-bond donors (Lipinski definition) is 2. The summed E-state index contributed by atoms with van der Waals surface area (Å²) in [7, 11) is -3.38. The van der Waals surface area contributed by atoms with Gasteiger partial charge in [-0.05, 0) is 35.7 Å². The number of guanidine groups is 1. The first kappa shape index (κ1) is 25.3.